The number of rotatable bonds is 2. The highest BCUT2D eigenvalue weighted by atomic mass is 33.1. The van der Waals surface area contributed by atoms with Gasteiger partial charge in [-0.15, -0.1) is 0 Å². The Morgan fingerprint density at radius 1 is 1.73 bits per heavy atom. The third-order valence-corrected chi connectivity index (χ3v) is 3.81. The molecule has 0 rings (SSSR count). The van der Waals surface area contributed by atoms with E-state index >= 15 is 0 Å². The maximum atomic E-state index is 10.5. The molecule has 0 fully saturated rings. The summed E-state index contributed by atoms with van der Waals surface area (Å²) in [5, 5.41) is 15.1. The monoisotopic (exact) mass is 210 g/mol. The fourth-order valence-corrected chi connectivity index (χ4v) is 3.47. The van der Waals surface area contributed by atoms with E-state index in [0.717, 1.165) is 18.0 Å². The molecule has 0 radical (unpaired) electrons. The summed E-state index contributed by atoms with van der Waals surface area (Å²) in [6, 6.07) is 1.80. The lowest BCUT2D eigenvalue weighted by atomic mass is 10.9. The van der Waals surface area contributed by atoms with E-state index in [1.54, 1.807) is 6.07 Å². The number of hydrogen-bond acceptors (Lipinski definition) is 6. The summed E-state index contributed by atoms with van der Waals surface area (Å²) in [6.45, 7) is 0. The molecule has 0 aliphatic rings. The molecule has 0 heterocycles. The van der Waals surface area contributed by atoms with Gasteiger partial charge in [0, 0.05) is 17.0 Å². The van der Waals surface area contributed by atoms with E-state index in [1.165, 1.54) is 0 Å². The zero-order chi connectivity index (χ0) is 8.91. The van der Waals surface area contributed by atoms with Crippen molar-refractivity contribution in [3.8, 4) is 6.07 Å². The van der Waals surface area contributed by atoms with E-state index in [4.69, 9.17) is 10.7 Å². The Bertz CT molecular complexity index is 276. The van der Waals surface area contributed by atoms with Crippen LogP contribution in [0.3, 0.4) is 0 Å². The fourth-order valence-electron chi connectivity index (χ4n) is 0.259. The summed E-state index contributed by atoms with van der Waals surface area (Å²) in [5.74, 6) is 0.112. The third-order valence-electron chi connectivity index (χ3n) is 0.495. The largest absolute Gasteiger partial charge is 0.287 e. The van der Waals surface area contributed by atoms with Gasteiger partial charge in [-0.3, -0.25) is 5.41 Å². The zero-order valence-electron chi connectivity index (χ0n) is 5.70. The molecular weight excluding hydrogens is 204 g/mol. The first kappa shape index (κ1) is 10.8. The van der Waals surface area contributed by atoms with Gasteiger partial charge in [0.15, 0.2) is 0 Å². The van der Waals surface area contributed by atoms with E-state index in [0.29, 0.717) is 10.8 Å². The Morgan fingerprint density at radius 2 is 2.27 bits per heavy atom. The molecule has 0 unspecified atom stereocenters. The molecule has 0 aromatic heterocycles. The van der Waals surface area contributed by atoms with Crippen molar-refractivity contribution in [2.45, 2.75) is 0 Å². The molecule has 0 amide bonds. The van der Waals surface area contributed by atoms with Crippen molar-refractivity contribution in [2.24, 2.45) is 0 Å². The lowest BCUT2D eigenvalue weighted by molar-refractivity contribution is 0.616. The standard InChI is InChI=1S/C4H6N2O2S3/c1-11(7,8)10-4(6)9-3-2-5/h6H,3H2,1H3. The highest BCUT2D eigenvalue weighted by Gasteiger charge is 2.07. The summed E-state index contributed by atoms with van der Waals surface area (Å²) in [6.07, 6.45) is 1.03. The molecule has 0 aromatic carbocycles. The van der Waals surface area contributed by atoms with Crippen LogP contribution >= 0.6 is 22.6 Å². The van der Waals surface area contributed by atoms with Gasteiger partial charge in [-0.1, -0.05) is 11.8 Å². The summed E-state index contributed by atoms with van der Waals surface area (Å²) in [4.78, 5) is 0. The van der Waals surface area contributed by atoms with Crippen LogP contribution in [0.1, 0.15) is 0 Å². The van der Waals surface area contributed by atoms with E-state index in [-0.39, 0.29) is 10.1 Å². The van der Waals surface area contributed by atoms with Gasteiger partial charge in [0.2, 0.25) is 8.87 Å². The number of nitriles is 1. The first-order valence-electron chi connectivity index (χ1n) is 2.43. The lowest BCUT2D eigenvalue weighted by Gasteiger charge is -1.95. The van der Waals surface area contributed by atoms with Crippen LogP contribution in [0.25, 0.3) is 0 Å². The van der Waals surface area contributed by atoms with Crippen molar-refractivity contribution < 1.29 is 8.42 Å². The van der Waals surface area contributed by atoms with Crippen LogP contribution in [0.5, 0.6) is 0 Å². The van der Waals surface area contributed by atoms with E-state index in [1.807, 2.05) is 0 Å². The molecule has 4 nitrogen and oxygen atoms in total. The van der Waals surface area contributed by atoms with Crippen LogP contribution in [0.15, 0.2) is 0 Å². The molecule has 0 aliphatic carbocycles. The number of nitrogens with zero attached hydrogens (tertiary/aromatic N) is 1. The quantitative estimate of drug-likeness (QED) is 0.415. The first-order valence-corrected chi connectivity index (χ1v) is 6.64. The van der Waals surface area contributed by atoms with Gasteiger partial charge in [-0.05, 0) is 0 Å². The maximum Gasteiger partial charge on any atom is 0.205 e. The number of thioether (sulfide) groups is 1. The van der Waals surface area contributed by atoms with E-state index in [9.17, 15) is 8.42 Å². The predicted octanol–water partition coefficient (Wildman–Crippen LogP) is 0.871. The van der Waals surface area contributed by atoms with Crippen molar-refractivity contribution in [3.63, 3.8) is 0 Å². The van der Waals surface area contributed by atoms with Gasteiger partial charge in [-0.25, -0.2) is 8.42 Å². The van der Waals surface area contributed by atoms with Crippen LogP contribution in [-0.2, 0) is 8.87 Å². The average molecular weight is 210 g/mol. The molecule has 7 heteroatoms. The highest BCUT2D eigenvalue weighted by molar-refractivity contribution is 8.81. The van der Waals surface area contributed by atoms with Crippen molar-refractivity contribution in [1.29, 1.82) is 10.7 Å². The smallest absolute Gasteiger partial charge is 0.205 e. The summed E-state index contributed by atoms with van der Waals surface area (Å²) >= 11 is 0.909. The van der Waals surface area contributed by atoms with Crippen molar-refractivity contribution in [3.05, 3.63) is 0 Å². The topological polar surface area (TPSA) is 81.8 Å². The van der Waals surface area contributed by atoms with Crippen LogP contribution in [0.2, 0.25) is 0 Å². The Hall–Kier alpha value is -0.190. The molecule has 0 spiro atoms. The minimum Gasteiger partial charge on any atom is -0.287 e. The van der Waals surface area contributed by atoms with Crippen LogP contribution in [0.4, 0.5) is 0 Å². The van der Waals surface area contributed by atoms with Crippen LogP contribution < -0.4 is 0 Å². The number of hydrogen-bond donors (Lipinski definition) is 1. The van der Waals surface area contributed by atoms with Crippen molar-refractivity contribution in [2.75, 3.05) is 12.0 Å². The van der Waals surface area contributed by atoms with Gasteiger partial charge in [0.1, 0.15) is 4.38 Å². The summed E-state index contributed by atoms with van der Waals surface area (Å²) in [7, 11) is -2.73. The molecule has 0 aromatic rings. The molecule has 1 N–H and O–H groups in total. The fraction of sp³-hybridized carbons (Fsp3) is 0.500. The molecule has 0 aliphatic heterocycles. The second-order valence-electron chi connectivity index (χ2n) is 1.52. The van der Waals surface area contributed by atoms with Crippen LogP contribution in [0, 0.1) is 16.7 Å². The predicted molar refractivity (Wildman–Crippen MR) is 48.2 cm³/mol. The average Bonchev–Trinajstić information content (AvgIpc) is 1.79. The molecular formula is C4H6N2O2S3. The van der Waals surface area contributed by atoms with Gasteiger partial charge in [0.25, 0.3) is 0 Å². The SMILES string of the molecule is CS(=O)(=O)SC(=N)SCC#N. The highest BCUT2D eigenvalue weighted by Crippen LogP contribution is 2.19. The van der Waals surface area contributed by atoms with Crippen LogP contribution in [-0.4, -0.2) is 24.8 Å². The summed E-state index contributed by atoms with van der Waals surface area (Å²) in [5.41, 5.74) is 0. The lowest BCUT2D eigenvalue weighted by Crippen LogP contribution is -1.93. The molecule has 0 saturated carbocycles. The van der Waals surface area contributed by atoms with Gasteiger partial charge in [0.05, 0.1) is 11.8 Å². The molecule has 0 saturated heterocycles. The number of nitrogens with one attached hydrogen (secondary N) is 1. The van der Waals surface area contributed by atoms with Gasteiger partial charge in [-0.2, -0.15) is 5.26 Å². The minimum atomic E-state index is -3.19. The molecule has 62 valence electrons. The van der Waals surface area contributed by atoms with Gasteiger partial charge >= 0.3 is 0 Å². The second-order valence-corrected chi connectivity index (χ2v) is 7.07. The van der Waals surface area contributed by atoms with E-state index < -0.39 is 8.87 Å². The minimum absolute atomic E-state index is 0.0611. The third kappa shape index (κ3) is 7.71. The van der Waals surface area contributed by atoms with E-state index in [2.05, 4.69) is 0 Å². The molecule has 11 heavy (non-hydrogen) atoms. The Balaban J connectivity index is 3.83. The summed E-state index contributed by atoms with van der Waals surface area (Å²) < 4.78 is 21.0. The maximum absolute atomic E-state index is 10.5. The second kappa shape index (κ2) is 4.64. The Labute approximate surface area is 73.2 Å². The van der Waals surface area contributed by atoms with Crippen molar-refractivity contribution >= 4 is 35.8 Å². The Kier molecular flexibility index (Phi) is 4.56. The van der Waals surface area contributed by atoms with Gasteiger partial charge < -0.3 is 0 Å². The zero-order valence-corrected chi connectivity index (χ0v) is 8.15. The molecule has 0 bridgehead atoms. The first-order chi connectivity index (χ1) is 4.95. The molecule has 0 atom stereocenters. The van der Waals surface area contributed by atoms with Crippen molar-refractivity contribution in [1.82, 2.24) is 0 Å². The Morgan fingerprint density at radius 3 is 2.64 bits per heavy atom. The normalized spacial score (nSPS) is 10.5.